The number of carbonyl (C=O) groups excluding carboxylic acids is 3. The number of amides is 3. The number of piperidine rings is 2. The Hall–Kier alpha value is -5.41. The molecule has 0 saturated carbocycles. The van der Waals surface area contributed by atoms with Crippen LogP contribution in [0.3, 0.4) is 0 Å². The lowest BCUT2D eigenvalue weighted by molar-refractivity contribution is -0.136. The summed E-state index contributed by atoms with van der Waals surface area (Å²) in [5.74, 6) is 0.235. The Kier molecular flexibility index (Phi) is 10.5. The molecular formula is C45H49N5O4. The predicted molar refractivity (Wildman–Crippen MR) is 213 cm³/mol. The Morgan fingerprint density at radius 1 is 0.759 bits per heavy atom. The van der Waals surface area contributed by atoms with Crippen molar-refractivity contribution in [2.45, 2.75) is 51.1 Å². The topological polar surface area (TPSA) is 96.4 Å². The summed E-state index contributed by atoms with van der Waals surface area (Å²) >= 11 is 0. The maximum absolute atomic E-state index is 13.1. The molecule has 3 amide bonds. The maximum atomic E-state index is 13.1. The highest BCUT2D eigenvalue weighted by atomic mass is 16.3. The van der Waals surface area contributed by atoms with E-state index in [9.17, 15) is 19.5 Å². The molecule has 0 aromatic heterocycles. The van der Waals surface area contributed by atoms with Gasteiger partial charge in [-0.25, -0.2) is 0 Å². The number of piperazine rings is 1. The molecule has 278 valence electrons. The van der Waals surface area contributed by atoms with Gasteiger partial charge >= 0.3 is 0 Å². The van der Waals surface area contributed by atoms with Gasteiger partial charge in [-0.05, 0) is 108 Å². The number of nitrogens with zero attached hydrogens (tertiary/aromatic N) is 4. The van der Waals surface area contributed by atoms with Crippen molar-refractivity contribution in [2.75, 3.05) is 55.6 Å². The molecule has 54 heavy (non-hydrogen) atoms. The predicted octanol–water partition coefficient (Wildman–Crippen LogP) is 6.37. The summed E-state index contributed by atoms with van der Waals surface area (Å²) in [5, 5.41) is 12.1. The van der Waals surface area contributed by atoms with Crippen LogP contribution >= 0.6 is 0 Å². The molecule has 4 heterocycles. The van der Waals surface area contributed by atoms with Crippen LogP contribution in [-0.2, 0) is 22.6 Å². The van der Waals surface area contributed by atoms with Crippen molar-refractivity contribution in [1.82, 2.24) is 15.1 Å². The van der Waals surface area contributed by atoms with E-state index >= 15 is 0 Å². The van der Waals surface area contributed by atoms with Crippen molar-refractivity contribution in [2.24, 2.45) is 5.92 Å². The number of phenols is 1. The van der Waals surface area contributed by atoms with Crippen molar-refractivity contribution in [3.8, 4) is 5.75 Å². The number of fused-ring (bicyclic) bond motifs is 1. The SMILES string of the molecule is O=C1CCC(N2Cc3cc(N4CCN(CC5CCN(c6ccc(C=C(CCc7ccc(O)cc7)c7ccccc7)cc6)CC5)CC4)ccc3C2=O)C(=O)N1. The highest BCUT2D eigenvalue weighted by Gasteiger charge is 2.39. The van der Waals surface area contributed by atoms with E-state index in [1.54, 1.807) is 17.0 Å². The summed E-state index contributed by atoms with van der Waals surface area (Å²) in [6.07, 6.45) is 7.18. The number of anilines is 2. The van der Waals surface area contributed by atoms with Crippen molar-refractivity contribution in [3.63, 3.8) is 0 Å². The van der Waals surface area contributed by atoms with Crippen LogP contribution in [0.4, 0.5) is 11.4 Å². The molecule has 3 saturated heterocycles. The number of aromatic hydroxyl groups is 1. The van der Waals surface area contributed by atoms with Crippen LogP contribution in [0, 0.1) is 5.92 Å². The molecule has 9 nitrogen and oxygen atoms in total. The Morgan fingerprint density at radius 2 is 1.46 bits per heavy atom. The summed E-state index contributed by atoms with van der Waals surface area (Å²) in [6, 6.07) is 32.7. The van der Waals surface area contributed by atoms with Crippen molar-refractivity contribution < 1.29 is 19.5 Å². The minimum Gasteiger partial charge on any atom is -0.508 e. The van der Waals surface area contributed by atoms with E-state index in [0.29, 0.717) is 30.2 Å². The van der Waals surface area contributed by atoms with Crippen molar-refractivity contribution in [3.05, 3.63) is 125 Å². The van der Waals surface area contributed by atoms with Gasteiger partial charge in [0.2, 0.25) is 11.8 Å². The first-order valence-corrected chi connectivity index (χ1v) is 19.5. The minimum absolute atomic E-state index is 0.122. The number of hydrogen-bond donors (Lipinski definition) is 2. The third-order valence-corrected chi connectivity index (χ3v) is 11.7. The van der Waals surface area contributed by atoms with E-state index in [-0.39, 0.29) is 24.1 Å². The monoisotopic (exact) mass is 723 g/mol. The number of aryl methyl sites for hydroxylation is 1. The third-order valence-electron chi connectivity index (χ3n) is 11.7. The summed E-state index contributed by atoms with van der Waals surface area (Å²) < 4.78 is 0. The van der Waals surface area contributed by atoms with Gasteiger partial charge in [0.05, 0.1) is 0 Å². The largest absolute Gasteiger partial charge is 0.508 e. The van der Waals surface area contributed by atoms with Crippen LogP contribution < -0.4 is 15.1 Å². The fourth-order valence-electron chi connectivity index (χ4n) is 8.56. The summed E-state index contributed by atoms with van der Waals surface area (Å²) in [6.45, 7) is 7.64. The lowest BCUT2D eigenvalue weighted by atomic mass is 9.95. The van der Waals surface area contributed by atoms with Gasteiger partial charge in [-0.15, -0.1) is 0 Å². The molecule has 4 aromatic carbocycles. The number of rotatable bonds is 10. The van der Waals surface area contributed by atoms with E-state index in [4.69, 9.17) is 0 Å². The normalized spacial score (nSPS) is 20.0. The number of carbonyl (C=O) groups is 3. The van der Waals surface area contributed by atoms with Gasteiger partial charge in [0.1, 0.15) is 11.8 Å². The second kappa shape index (κ2) is 15.9. The van der Waals surface area contributed by atoms with Gasteiger partial charge < -0.3 is 19.8 Å². The molecule has 9 heteroatoms. The van der Waals surface area contributed by atoms with Gasteiger partial charge in [-0.1, -0.05) is 60.7 Å². The third kappa shape index (κ3) is 8.06. The number of benzene rings is 4. The zero-order chi connectivity index (χ0) is 37.0. The van der Waals surface area contributed by atoms with E-state index in [2.05, 4.69) is 86.8 Å². The molecule has 4 aromatic rings. The summed E-state index contributed by atoms with van der Waals surface area (Å²) in [7, 11) is 0. The van der Waals surface area contributed by atoms with E-state index in [0.717, 1.165) is 69.9 Å². The molecule has 0 spiro atoms. The van der Waals surface area contributed by atoms with Gasteiger partial charge in [-0.3, -0.25) is 24.6 Å². The molecule has 4 aliphatic heterocycles. The average molecular weight is 724 g/mol. The van der Waals surface area contributed by atoms with Crippen molar-refractivity contribution >= 4 is 40.7 Å². The molecule has 8 rings (SSSR count). The molecule has 2 N–H and O–H groups in total. The van der Waals surface area contributed by atoms with E-state index in [1.807, 2.05) is 24.3 Å². The number of imide groups is 1. The molecule has 4 aliphatic rings. The lowest BCUT2D eigenvalue weighted by Gasteiger charge is -2.40. The Morgan fingerprint density at radius 3 is 2.19 bits per heavy atom. The molecule has 0 radical (unpaired) electrons. The number of hydrogen-bond acceptors (Lipinski definition) is 7. The first kappa shape index (κ1) is 35.6. The number of phenolic OH excluding ortho intramolecular Hbond substituents is 1. The fourth-order valence-corrected chi connectivity index (χ4v) is 8.56. The Bertz CT molecular complexity index is 2000. The summed E-state index contributed by atoms with van der Waals surface area (Å²) in [4.78, 5) is 46.4. The molecular weight excluding hydrogens is 675 g/mol. The standard InChI is InChI=1S/C45H49N5O4/c51-40-15-9-32(10-16-40)6-11-36(35-4-2-1-3-5-35)28-33-7-12-38(13-8-33)48-22-20-34(21-23-48)30-47-24-26-49(27-25-47)39-14-17-41-37(29-39)31-50(45(41)54)42-18-19-43(52)46-44(42)53/h1-5,7-10,12-17,28-29,34,42,51H,6,11,18-27,30-31H2,(H,46,52,53). The maximum Gasteiger partial charge on any atom is 0.255 e. The van der Waals surface area contributed by atoms with Gasteiger partial charge in [-0.2, -0.15) is 0 Å². The zero-order valence-corrected chi connectivity index (χ0v) is 30.8. The minimum atomic E-state index is -0.585. The first-order chi connectivity index (χ1) is 26.4. The molecule has 1 atom stereocenters. The smallest absolute Gasteiger partial charge is 0.255 e. The molecule has 0 aliphatic carbocycles. The van der Waals surface area contributed by atoms with Crippen LogP contribution in [0.1, 0.15) is 64.7 Å². The highest BCUT2D eigenvalue weighted by molar-refractivity contribution is 6.05. The second-order valence-corrected chi connectivity index (χ2v) is 15.3. The van der Waals surface area contributed by atoms with E-state index < -0.39 is 6.04 Å². The highest BCUT2D eigenvalue weighted by Crippen LogP contribution is 2.32. The second-order valence-electron chi connectivity index (χ2n) is 15.3. The Balaban J connectivity index is 0.809. The average Bonchev–Trinajstić information content (AvgIpc) is 3.53. The summed E-state index contributed by atoms with van der Waals surface area (Å²) in [5.41, 5.74) is 9.02. The van der Waals surface area contributed by atoms with Gasteiger partial charge in [0, 0.05) is 75.7 Å². The molecule has 0 bridgehead atoms. The van der Waals surface area contributed by atoms with Crippen LogP contribution in [0.15, 0.2) is 97.1 Å². The van der Waals surface area contributed by atoms with Crippen LogP contribution in [-0.4, -0.2) is 84.5 Å². The van der Waals surface area contributed by atoms with Crippen LogP contribution in [0.25, 0.3) is 11.6 Å². The number of allylic oxidation sites excluding steroid dienone is 1. The van der Waals surface area contributed by atoms with Crippen LogP contribution in [0.5, 0.6) is 5.75 Å². The number of nitrogens with one attached hydrogen (secondary N) is 1. The van der Waals surface area contributed by atoms with Gasteiger partial charge in [0.15, 0.2) is 0 Å². The lowest BCUT2D eigenvalue weighted by Crippen LogP contribution is -2.52. The molecule has 3 fully saturated rings. The van der Waals surface area contributed by atoms with E-state index in [1.165, 1.54) is 40.8 Å². The van der Waals surface area contributed by atoms with Crippen LogP contribution in [0.2, 0.25) is 0 Å². The first-order valence-electron chi connectivity index (χ1n) is 19.5. The Labute approximate surface area is 317 Å². The van der Waals surface area contributed by atoms with Crippen molar-refractivity contribution in [1.29, 1.82) is 0 Å². The van der Waals surface area contributed by atoms with Gasteiger partial charge in [0.25, 0.3) is 5.91 Å². The quantitative estimate of drug-likeness (QED) is 0.145. The molecule has 1 unspecified atom stereocenters. The zero-order valence-electron chi connectivity index (χ0n) is 30.8. The fraction of sp³-hybridized carbons (Fsp3) is 0.356.